The van der Waals surface area contributed by atoms with Crippen LogP contribution in [-0.2, 0) is 14.2 Å². The Morgan fingerprint density at radius 2 is 1.84 bits per heavy atom. The van der Waals surface area contributed by atoms with Crippen molar-refractivity contribution in [3.05, 3.63) is 0 Å². The molecule has 1 N–H and O–H groups in total. The molecule has 3 fully saturated rings. The molecular formula is C18H34N4O3. The van der Waals surface area contributed by atoms with Gasteiger partial charge >= 0.3 is 0 Å². The van der Waals surface area contributed by atoms with Crippen molar-refractivity contribution in [1.29, 1.82) is 0 Å². The highest BCUT2D eigenvalue weighted by Gasteiger charge is 2.30. The third-order valence-electron chi connectivity index (χ3n) is 5.36. The van der Waals surface area contributed by atoms with Gasteiger partial charge in [-0.1, -0.05) is 0 Å². The van der Waals surface area contributed by atoms with Crippen molar-refractivity contribution in [2.75, 3.05) is 72.8 Å². The van der Waals surface area contributed by atoms with Gasteiger partial charge in [-0.25, -0.2) is 0 Å². The number of hydrogen-bond donors (Lipinski definition) is 1. The molecule has 0 spiro atoms. The lowest BCUT2D eigenvalue weighted by molar-refractivity contribution is -0.0320. The van der Waals surface area contributed by atoms with Crippen molar-refractivity contribution < 1.29 is 14.2 Å². The monoisotopic (exact) mass is 354 g/mol. The Labute approximate surface area is 151 Å². The Morgan fingerprint density at radius 3 is 2.60 bits per heavy atom. The molecule has 7 nitrogen and oxygen atoms in total. The Bertz CT molecular complexity index is 409. The molecule has 3 rings (SSSR count). The molecule has 0 bridgehead atoms. The Balaban J connectivity index is 1.31. The summed E-state index contributed by atoms with van der Waals surface area (Å²) >= 11 is 0. The second-order valence-electron chi connectivity index (χ2n) is 7.05. The fraction of sp³-hybridized carbons (Fsp3) is 0.944. The molecule has 0 amide bonds. The largest absolute Gasteiger partial charge is 0.381 e. The van der Waals surface area contributed by atoms with Gasteiger partial charge in [-0.3, -0.25) is 9.89 Å². The molecule has 3 heterocycles. The molecule has 3 saturated heterocycles. The van der Waals surface area contributed by atoms with E-state index in [-0.39, 0.29) is 0 Å². The lowest BCUT2D eigenvalue weighted by Crippen LogP contribution is -2.46. The number of aliphatic imine (C=N–C) groups is 1. The van der Waals surface area contributed by atoms with E-state index < -0.39 is 0 Å². The highest BCUT2D eigenvalue weighted by atomic mass is 16.5. The number of hydrogen-bond acceptors (Lipinski definition) is 5. The topological polar surface area (TPSA) is 58.6 Å². The zero-order valence-corrected chi connectivity index (χ0v) is 15.6. The van der Waals surface area contributed by atoms with Crippen molar-refractivity contribution in [1.82, 2.24) is 15.1 Å². The number of ether oxygens (including phenoxy) is 3. The first-order chi connectivity index (χ1) is 12.4. The summed E-state index contributed by atoms with van der Waals surface area (Å²) in [5, 5.41) is 3.50. The number of guanidine groups is 1. The van der Waals surface area contributed by atoms with E-state index in [0.29, 0.717) is 12.1 Å². The van der Waals surface area contributed by atoms with Crippen LogP contribution in [0, 0.1) is 0 Å². The first-order valence-electron chi connectivity index (χ1n) is 9.83. The third kappa shape index (κ3) is 5.81. The van der Waals surface area contributed by atoms with Crippen molar-refractivity contribution in [3.8, 4) is 0 Å². The van der Waals surface area contributed by atoms with E-state index in [1.54, 1.807) is 0 Å². The molecule has 0 saturated carbocycles. The second kappa shape index (κ2) is 10.3. The van der Waals surface area contributed by atoms with E-state index in [4.69, 9.17) is 14.2 Å². The second-order valence-corrected chi connectivity index (χ2v) is 7.05. The minimum atomic E-state index is 0.390. The molecule has 7 heteroatoms. The molecule has 0 aromatic rings. The highest BCUT2D eigenvalue weighted by Crippen LogP contribution is 2.17. The Kier molecular flexibility index (Phi) is 7.79. The average Bonchev–Trinajstić information content (AvgIpc) is 3.16. The van der Waals surface area contributed by atoms with Crippen LogP contribution in [0.3, 0.4) is 0 Å². The molecule has 1 atom stereocenters. The number of likely N-dealkylation sites (tertiary alicyclic amines) is 1. The molecule has 0 aliphatic carbocycles. The van der Waals surface area contributed by atoms with Gasteiger partial charge in [0.05, 0.1) is 19.3 Å². The molecule has 0 aromatic carbocycles. The summed E-state index contributed by atoms with van der Waals surface area (Å²) in [6.07, 6.45) is 4.68. The van der Waals surface area contributed by atoms with Crippen LogP contribution in [0.4, 0.5) is 0 Å². The average molecular weight is 354 g/mol. The number of nitrogens with zero attached hydrogens (tertiary/aromatic N) is 3. The maximum Gasteiger partial charge on any atom is 0.193 e. The van der Waals surface area contributed by atoms with Crippen molar-refractivity contribution >= 4 is 5.96 Å². The van der Waals surface area contributed by atoms with Crippen molar-refractivity contribution in [3.63, 3.8) is 0 Å². The summed E-state index contributed by atoms with van der Waals surface area (Å²) in [6.45, 7) is 9.43. The standard InChI is InChI=1S/C18H34N4O3/c1-19-18(20-6-2-10-25-17-4-11-23-12-5-17)22-7-3-16(15-22)21-8-13-24-14-9-21/h16-17H,2-15H2,1H3,(H,19,20). The van der Waals surface area contributed by atoms with Crippen LogP contribution in [0.15, 0.2) is 4.99 Å². The van der Waals surface area contributed by atoms with Gasteiger partial charge in [-0.2, -0.15) is 0 Å². The third-order valence-corrected chi connectivity index (χ3v) is 5.36. The molecule has 144 valence electrons. The van der Waals surface area contributed by atoms with E-state index >= 15 is 0 Å². The van der Waals surface area contributed by atoms with Crippen molar-refractivity contribution in [2.45, 2.75) is 37.8 Å². The fourth-order valence-corrected chi connectivity index (χ4v) is 3.87. The van der Waals surface area contributed by atoms with Gasteiger partial charge in [-0.15, -0.1) is 0 Å². The molecule has 0 radical (unpaired) electrons. The van der Waals surface area contributed by atoms with E-state index in [1.165, 1.54) is 6.42 Å². The summed E-state index contributed by atoms with van der Waals surface area (Å²) in [6, 6.07) is 0.638. The van der Waals surface area contributed by atoms with Crippen LogP contribution >= 0.6 is 0 Å². The van der Waals surface area contributed by atoms with E-state index in [9.17, 15) is 0 Å². The van der Waals surface area contributed by atoms with E-state index in [0.717, 1.165) is 91.0 Å². The molecule has 1 unspecified atom stereocenters. The summed E-state index contributed by atoms with van der Waals surface area (Å²) in [7, 11) is 1.88. The summed E-state index contributed by atoms with van der Waals surface area (Å²) in [5.74, 6) is 1.03. The van der Waals surface area contributed by atoms with Gasteiger partial charge in [-0.05, 0) is 25.7 Å². The molecule has 25 heavy (non-hydrogen) atoms. The lowest BCUT2D eigenvalue weighted by atomic mass is 10.1. The summed E-state index contributed by atoms with van der Waals surface area (Å²) in [4.78, 5) is 9.42. The molecular weight excluding hydrogens is 320 g/mol. The highest BCUT2D eigenvalue weighted by molar-refractivity contribution is 5.80. The quantitative estimate of drug-likeness (QED) is 0.427. The minimum absolute atomic E-state index is 0.390. The number of morpholine rings is 1. The maximum absolute atomic E-state index is 5.93. The van der Waals surface area contributed by atoms with Crippen LogP contribution < -0.4 is 5.32 Å². The Hall–Kier alpha value is -0.890. The van der Waals surface area contributed by atoms with Crippen molar-refractivity contribution in [2.24, 2.45) is 4.99 Å². The maximum atomic E-state index is 5.93. The first kappa shape index (κ1) is 18.9. The SMILES string of the molecule is CN=C(NCCCOC1CCOCC1)N1CCC(N2CCOCC2)C1. The van der Waals surface area contributed by atoms with Gasteiger partial charge in [0.15, 0.2) is 5.96 Å². The van der Waals surface area contributed by atoms with E-state index in [1.807, 2.05) is 7.05 Å². The molecule has 3 aliphatic rings. The first-order valence-corrected chi connectivity index (χ1v) is 9.83. The van der Waals surface area contributed by atoms with Gasteiger partial charge in [0.1, 0.15) is 0 Å². The predicted molar refractivity (Wildman–Crippen MR) is 98.1 cm³/mol. The smallest absolute Gasteiger partial charge is 0.193 e. The normalized spacial score (nSPS) is 27.0. The fourth-order valence-electron chi connectivity index (χ4n) is 3.87. The minimum Gasteiger partial charge on any atom is -0.381 e. The van der Waals surface area contributed by atoms with Gasteiger partial charge < -0.3 is 24.4 Å². The molecule has 3 aliphatic heterocycles. The van der Waals surface area contributed by atoms with Gasteiger partial charge in [0, 0.05) is 65.6 Å². The summed E-state index contributed by atoms with van der Waals surface area (Å²) < 4.78 is 16.8. The van der Waals surface area contributed by atoms with Crippen LogP contribution in [0.1, 0.15) is 25.7 Å². The zero-order chi connectivity index (χ0) is 17.3. The van der Waals surface area contributed by atoms with Crippen LogP contribution in [-0.4, -0.2) is 101 Å². The van der Waals surface area contributed by atoms with E-state index in [2.05, 4.69) is 20.1 Å². The van der Waals surface area contributed by atoms with Crippen LogP contribution in [0.5, 0.6) is 0 Å². The zero-order valence-electron chi connectivity index (χ0n) is 15.6. The Morgan fingerprint density at radius 1 is 1.08 bits per heavy atom. The number of rotatable bonds is 6. The van der Waals surface area contributed by atoms with Gasteiger partial charge in [0.2, 0.25) is 0 Å². The van der Waals surface area contributed by atoms with Crippen LogP contribution in [0.2, 0.25) is 0 Å². The van der Waals surface area contributed by atoms with Crippen LogP contribution in [0.25, 0.3) is 0 Å². The van der Waals surface area contributed by atoms with Gasteiger partial charge in [0.25, 0.3) is 0 Å². The predicted octanol–water partition coefficient (Wildman–Crippen LogP) is 0.554. The lowest BCUT2D eigenvalue weighted by Gasteiger charge is -2.32. The number of nitrogens with one attached hydrogen (secondary N) is 1. The molecule has 0 aromatic heterocycles. The summed E-state index contributed by atoms with van der Waals surface area (Å²) in [5.41, 5.74) is 0.